The molecule has 0 aliphatic heterocycles. The van der Waals surface area contributed by atoms with E-state index in [1.165, 1.54) is 0 Å². The van der Waals surface area contributed by atoms with Crippen LogP contribution in [0.1, 0.15) is 19.4 Å². The zero-order valence-corrected chi connectivity index (χ0v) is 10.5. The second-order valence-corrected chi connectivity index (χ2v) is 5.49. The van der Waals surface area contributed by atoms with E-state index in [2.05, 4.69) is 10.0 Å². The SMILES string of the molecule is CCNCc1ccc(NS(=O)(=O)CC)cc1. The molecule has 0 aliphatic carbocycles. The van der Waals surface area contributed by atoms with Gasteiger partial charge in [-0.3, -0.25) is 4.72 Å². The van der Waals surface area contributed by atoms with Crippen LogP contribution in [0.25, 0.3) is 0 Å². The molecule has 1 aromatic rings. The van der Waals surface area contributed by atoms with Crippen LogP contribution in [-0.4, -0.2) is 20.7 Å². The maximum Gasteiger partial charge on any atom is 0.232 e. The second-order valence-electron chi connectivity index (χ2n) is 3.48. The van der Waals surface area contributed by atoms with Crippen LogP contribution in [0.4, 0.5) is 5.69 Å². The van der Waals surface area contributed by atoms with Crippen LogP contribution in [0.3, 0.4) is 0 Å². The molecule has 5 heteroatoms. The summed E-state index contributed by atoms with van der Waals surface area (Å²) in [6, 6.07) is 7.38. The third-order valence-electron chi connectivity index (χ3n) is 2.19. The molecule has 0 heterocycles. The van der Waals surface area contributed by atoms with Gasteiger partial charge < -0.3 is 5.32 Å². The van der Waals surface area contributed by atoms with Gasteiger partial charge in [-0.2, -0.15) is 0 Å². The Bertz CT molecular complexity index is 412. The van der Waals surface area contributed by atoms with Crippen LogP contribution in [0.5, 0.6) is 0 Å². The van der Waals surface area contributed by atoms with Crippen molar-refractivity contribution in [3.8, 4) is 0 Å². The first-order valence-corrected chi connectivity index (χ1v) is 7.02. The molecule has 0 saturated heterocycles. The standard InChI is InChI=1S/C11H18N2O2S/c1-3-12-9-10-5-7-11(8-6-10)13-16(14,15)4-2/h5-8,12-13H,3-4,9H2,1-2H3. The van der Waals surface area contributed by atoms with E-state index in [9.17, 15) is 8.42 Å². The predicted octanol–water partition coefficient (Wildman–Crippen LogP) is 1.56. The Kier molecular flexibility index (Phi) is 4.76. The highest BCUT2D eigenvalue weighted by Gasteiger charge is 2.05. The van der Waals surface area contributed by atoms with Crippen molar-refractivity contribution in [3.63, 3.8) is 0 Å². The highest BCUT2D eigenvalue weighted by atomic mass is 32.2. The minimum Gasteiger partial charge on any atom is -0.313 e. The van der Waals surface area contributed by atoms with Crippen molar-refractivity contribution >= 4 is 15.7 Å². The summed E-state index contributed by atoms with van der Waals surface area (Å²) < 4.78 is 25.1. The second kappa shape index (κ2) is 5.86. The maximum absolute atomic E-state index is 11.3. The lowest BCUT2D eigenvalue weighted by Gasteiger charge is -2.07. The number of hydrogen-bond acceptors (Lipinski definition) is 3. The van der Waals surface area contributed by atoms with Gasteiger partial charge in [0, 0.05) is 12.2 Å². The molecule has 16 heavy (non-hydrogen) atoms. The normalized spacial score (nSPS) is 11.4. The molecule has 1 rings (SSSR count). The number of hydrogen-bond donors (Lipinski definition) is 2. The molecule has 0 saturated carbocycles. The Morgan fingerprint density at radius 2 is 1.75 bits per heavy atom. The molecule has 0 amide bonds. The molecule has 1 aromatic carbocycles. The summed E-state index contributed by atoms with van der Waals surface area (Å²) in [4.78, 5) is 0. The van der Waals surface area contributed by atoms with E-state index in [4.69, 9.17) is 0 Å². The lowest BCUT2D eigenvalue weighted by molar-refractivity contribution is 0.602. The fourth-order valence-electron chi connectivity index (χ4n) is 1.21. The highest BCUT2D eigenvalue weighted by molar-refractivity contribution is 7.92. The average Bonchev–Trinajstić information content (AvgIpc) is 2.28. The van der Waals surface area contributed by atoms with Crippen LogP contribution in [0.2, 0.25) is 0 Å². The smallest absolute Gasteiger partial charge is 0.232 e. The van der Waals surface area contributed by atoms with Gasteiger partial charge in [-0.15, -0.1) is 0 Å². The summed E-state index contributed by atoms with van der Waals surface area (Å²) in [7, 11) is -3.17. The van der Waals surface area contributed by atoms with E-state index in [-0.39, 0.29) is 5.75 Å². The molecule has 0 atom stereocenters. The van der Waals surface area contributed by atoms with Gasteiger partial charge in [-0.1, -0.05) is 19.1 Å². The molecular weight excluding hydrogens is 224 g/mol. The summed E-state index contributed by atoms with van der Waals surface area (Å²) in [6.07, 6.45) is 0. The Morgan fingerprint density at radius 1 is 1.12 bits per heavy atom. The quantitative estimate of drug-likeness (QED) is 0.796. The molecule has 0 aliphatic rings. The van der Waals surface area contributed by atoms with Crippen LogP contribution in [-0.2, 0) is 16.6 Å². The fraction of sp³-hybridized carbons (Fsp3) is 0.455. The minimum atomic E-state index is -3.17. The fourth-order valence-corrected chi connectivity index (χ4v) is 1.85. The molecule has 2 N–H and O–H groups in total. The van der Waals surface area contributed by atoms with Crippen LogP contribution in [0.15, 0.2) is 24.3 Å². The maximum atomic E-state index is 11.3. The van der Waals surface area contributed by atoms with Crippen molar-refractivity contribution in [2.45, 2.75) is 20.4 Å². The predicted molar refractivity (Wildman–Crippen MR) is 66.9 cm³/mol. The number of nitrogens with one attached hydrogen (secondary N) is 2. The van der Waals surface area contributed by atoms with E-state index in [1.54, 1.807) is 19.1 Å². The summed E-state index contributed by atoms with van der Waals surface area (Å²) in [5.74, 6) is 0.0894. The average molecular weight is 242 g/mol. The lowest BCUT2D eigenvalue weighted by Crippen LogP contribution is -2.15. The van der Waals surface area contributed by atoms with Gasteiger partial charge in [0.25, 0.3) is 0 Å². The first-order valence-electron chi connectivity index (χ1n) is 5.37. The van der Waals surface area contributed by atoms with Crippen molar-refractivity contribution < 1.29 is 8.42 Å². The van der Waals surface area contributed by atoms with Gasteiger partial charge in [0.1, 0.15) is 0 Å². The molecule has 0 radical (unpaired) electrons. The van der Waals surface area contributed by atoms with Crippen molar-refractivity contribution in [2.24, 2.45) is 0 Å². The van der Waals surface area contributed by atoms with Gasteiger partial charge in [-0.25, -0.2) is 8.42 Å². The molecule has 0 unspecified atom stereocenters. The minimum absolute atomic E-state index is 0.0894. The van der Waals surface area contributed by atoms with E-state index >= 15 is 0 Å². The van der Waals surface area contributed by atoms with E-state index in [0.29, 0.717) is 5.69 Å². The monoisotopic (exact) mass is 242 g/mol. The molecule has 4 nitrogen and oxygen atoms in total. The Hall–Kier alpha value is -1.07. The first-order chi connectivity index (χ1) is 7.57. The Labute approximate surface area is 97.1 Å². The van der Waals surface area contributed by atoms with Crippen LogP contribution in [0, 0.1) is 0 Å². The summed E-state index contributed by atoms with van der Waals surface area (Å²) in [6.45, 7) is 5.38. The van der Waals surface area contributed by atoms with E-state index < -0.39 is 10.0 Å². The molecule has 0 spiro atoms. The first kappa shape index (κ1) is 13.0. The lowest BCUT2D eigenvalue weighted by atomic mass is 10.2. The number of rotatable bonds is 6. The van der Waals surface area contributed by atoms with Crippen LogP contribution >= 0.6 is 0 Å². The van der Waals surface area contributed by atoms with Crippen molar-refractivity contribution in [3.05, 3.63) is 29.8 Å². The zero-order chi connectivity index (χ0) is 12.0. The molecular formula is C11H18N2O2S. The Balaban J connectivity index is 2.65. The van der Waals surface area contributed by atoms with Crippen LogP contribution < -0.4 is 10.0 Å². The molecule has 0 bridgehead atoms. The number of benzene rings is 1. The van der Waals surface area contributed by atoms with E-state index in [0.717, 1.165) is 18.7 Å². The van der Waals surface area contributed by atoms with Gasteiger partial charge in [0.2, 0.25) is 10.0 Å². The topological polar surface area (TPSA) is 58.2 Å². The zero-order valence-electron chi connectivity index (χ0n) is 9.66. The van der Waals surface area contributed by atoms with Gasteiger partial charge in [-0.05, 0) is 31.2 Å². The van der Waals surface area contributed by atoms with Gasteiger partial charge in [0.05, 0.1) is 5.75 Å². The molecule has 90 valence electrons. The molecule has 0 aromatic heterocycles. The molecule has 0 fully saturated rings. The van der Waals surface area contributed by atoms with E-state index in [1.807, 2.05) is 19.1 Å². The summed E-state index contributed by atoms with van der Waals surface area (Å²) >= 11 is 0. The highest BCUT2D eigenvalue weighted by Crippen LogP contribution is 2.11. The van der Waals surface area contributed by atoms with Crippen molar-refractivity contribution in [2.75, 3.05) is 17.0 Å². The Morgan fingerprint density at radius 3 is 2.25 bits per heavy atom. The van der Waals surface area contributed by atoms with Crippen molar-refractivity contribution in [1.82, 2.24) is 5.32 Å². The number of sulfonamides is 1. The summed E-state index contributed by atoms with van der Waals surface area (Å²) in [5.41, 5.74) is 1.75. The van der Waals surface area contributed by atoms with Gasteiger partial charge in [0.15, 0.2) is 0 Å². The van der Waals surface area contributed by atoms with Crippen molar-refractivity contribution in [1.29, 1.82) is 0 Å². The summed E-state index contributed by atoms with van der Waals surface area (Å²) in [5, 5.41) is 3.20. The number of anilines is 1. The third-order valence-corrected chi connectivity index (χ3v) is 3.49. The largest absolute Gasteiger partial charge is 0.313 e. The van der Waals surface area contributed by atoms with Gasteiger partial charge >= 0.3 is 0 Å². The third kappa shape index (κ3) is 4.20.